The summed E-state index contributed by atoms with van der Waals surface area (Å²) in [4.78, 5) is 16.9. The predicted octanol–water partition coefficient (Wildman–Crippen LogP) is 3.23. The molecule has 8 heteroatoms. The highest BCUT2D eigenvalue weighted by Crippen LogP contribution is 2.68. The number of nitrogens with zero attached hydrogens (tertiary/aromatic N) is 1. The molecule has 2 aliphatic rings. The van der Waals surface area contributed by atoms with Gasteiger partial charge in [0.25, 0.3) is 0 Å². The van der Waals surface area contributed by atoms with Gasteiger partial charge in [-0.2, -0.15) is 0 Å². The van der Waals surface area contributed by atoms with Crippen LogP contribution >= 0.6 is 27.5 Å². The van der Waals surface area contributed by atoms with Gasteiger partial charge in [-0.05, 0) is 23.3 Å². The maximum Gasteiger partial charge on any atom is 0.224 e. The fourth-order valence-corrected chi connectivity index (χ4v) is 5.56. The van der Waals surface area contributed by atoms with Crippen LogP contribution in [0.15, 0.2) is 71.3 Å². The quantitative estimate of drug-likeness (QED) is 0.511. The van der Waals surface area contributed by atoms with Crippen molar-refractivity contribution >= 4 is 33.4 Å². The number of nitrogens with two attached hydrogens (primary N) is 1. The molecule has 6 nitrogen and oxygen atoms in total. The Balaban J connectivity index is 1.87. The molecular weight excluding hydrogens is 484 g/mol. The summed E-state index contributed by atoms with van der Waals surface area (Å²) < 4.78 is 7.29. The minimum Gasteiger partial charge on any atom is -0.476 e. The molecule has 5 atom stereocenters. The van der Waals surface area contributed by atoms with E-state index in [0.717, 1.165) is 4.47 Å². The first kappa shape index (κ1) is 20.5. The molecular formula is C23H18BrClN2O4. The number of fused-ring (bicyclic) bond motifs is 3. The number of benzene rings is 2. The Hall–Kier alpha value is -2.45. The highest BCUT2D eigenvalue weighted by molar-refractivity contribution is 9.10. The molecule has 1 aliphatic heterocycles. The maximum absolute atomic E-state index is 12.6. The summed E-state index contributed by atoms with van der Waals surface area (Å²) in [5.74, 6) is -2.40. The van der Waals surface area contributed by atoms with Gasteiger partial charge < -0.3 is 20.7 Å². The largest absolute Gasteiger partial charge is 0.476 e. The van der Waals surface area contributed by atoms with E-state index in [0.29, 0.717) is 16.1 Å². The van der Waals surface area contributed by atoms with Crippen LogP contribution in [0.3, 0.4) is 0 Å². The van der Waals surface area contributed by atoms with Crippen molar-refractivity contribution in [3.8, 4) is 5.75 Å². The van der Waals surface area contributed by atoms with Crippen LogP contribution in [-0.2, 0) is 16.0 Å². The van der Waals surface area contributed by atoms with Crippen LogP contribution in [0.5, 0.6) is 5.75 Å². The van der Waals surface area contributed by atoms with Crippen LogP contribution in [0.1, 0.15) is 22.7 Å². The van der Waals surface area contributed by atoms with Gasteiger partial charge in [0.15, 0.2) is 11.2 Å². The van der Waals surface area contributed by atoms with Gasteiger partial charge in [-0.3, -0.25) is 9.78 Å². The van der Waals surface area contributed by atoms with Gasteiger partial charge in [0.2, 0.25) is 5.91 Å². The zero-order valence-corrected chi connectivity index (χ0v) is 18.4. The van der Waals surface area contributed by atoms with Crippen molar-refractivity contribution in [1.82, 2.24) is 4.98 Å². The third-order valence-electron chi connectivity index (χ3n) is 6.34. The monoisotopic (exact) mass is 500 g/mol. The highest BCUT2D eigenvalue weighted by Gasteiger charge is 2.77. The van der Waals surface area contributed by atoms with E-state index in [1.165, 1.54) is 6.20 Å². The van der Waals surface area contributed by atoms with E-state index < -0.39 is 35.0 Å². The van der Waals surface area contributed by atoms with E-state index >= 15 is 0 Å². The van der Waals surface area contributed by atoms with Crippen molar-refractivity contribution in [2.24, 2.45) is 11.7 Å². The van der Waals surface area contributed by atoms with Gasteiger partial charge in [-0.25, -0.2) is 0 Å². The topological polar surface area (TPSA) is 106 Å². The zero-order valence-electron chi connectivity index (χ0n) is 16.1. The number of aliphatic hydroxyl groups excluding tert-OH is 1. The minimum atomic E-state index is -2.04. The summed E-state index contributed by atoms with van der Waals surface area (Å²) in [5.41, 5.74) is 3.56. The van der Waals surface area contributed by atoms with Crippen molar-refractivity contribution in [1.29, 1.82) is 0 Å². The molecule has 4 N–H and O–H groups in total. The van der Waals surface area contributed by atoms with Crippen molar-refractivity contribution in [2.75, 3.05) is 0 Å². The van der Waals surface area contributed by atoms with Gasteiger partial charge in [0.05, 0.1) is 10.9 Å². The number of pyridine rings is 1. The summed E-state index contributed by atoms with van der Waals surface area (Å²) in [6.07, 6.45) is -0.185. The lowest BCUT2D eigenvalue weighted by atomic mass is 9.71. The zero-order chi connectivity index (χ0) is 22.0. The van der Waals surface area contributed by atoms with Gasteiger partial charge in [-0.1, -0.05) is 70.0 Å². The van der Waals surface area contributed by atoms with E-state index in [2.05, 4.69) is 20.9 Å². The number of aliphatic hydroxyl groups is 2. The van der Waals surface area contributed by atoms with Crippen LogP contribution in [0.2, 0.25) is 5.02 Å². The normalized spacial score (nSPS) is 31.0. The summed E-state index contributed by atoms with van der Waals surface area (Å²) in [6, 6.07) is 17.9. The van der Waals surface area contributed by atoms with Gasteiger partial charge >= 0.3 is 0 Å². The molecule has 1 aliphatic carbocycles. The lowest BCUT2D eigenvalue weighted by molar-refractivity contribution is -0.155. The van der Waals surface area contributed by atoms with Crippen molar-refractivity contribution in [3.05, 3.63) is 93.2 Å². The Morgan fingerprint density at radius 3 is 2.48 bits per heavy atom. The van der Waals surface area contributed by atoms with E-state index in [-0.39, 0.29) is 11.4 Å². The molecule has 1 aromatic heterocycles. The van der Waals surface area contributed by atoms with Crippen LogP contribution in [0.25, 0.3) is 0 Å². The Morgan fingerprint density at radius 2 is 1.84 bits per heavy atom. The second-order valence-corrected chi connectivity index (χ2v) is 9.22. The molecule has 0 radical (unpaired) electrons. The summed E-state index contributed by atoms with van der Waals surface area (Å²) in [7, 11) is 0. The molecule has 0 bridgehead atoms. The second kappa shape index (κ2) is 7.03. The molecule has 0 saturated heterocycles. The number of halogens is 2. The molecule has 31 heavy (non-hydrogen) atoms. The number of aromatic nitrogens is 1. The Labute approximate surface area is 191 Å². The minimum absolute atomic E-state index is 0.122. The van der Waals surface area contributed by atoms with E-state index in [9.17, 15) is 15.0 Å². The van der Waals surface area contributed by atoms with Crippen LogP contribution in [0.4, 0.5) is 0 Å². The average Bonchev–Trinajstić information content (AvgIpc) is 3.12. The number of carbonyl (C=O) groups excluding carboxylic acids is 1. The van der Waals surface area contributed by atoms with Crippen LogP contribution < -0.4 is 10.5 Å². The third kappa shape index (κ3) is 2.64. The summed E-state index contributed by atoms with van der Waals surface area (Å²) in [6.45, 7) is 0. The first-order chi connectivity index (χ1) is 14.8. The van der Waals surface area contributed by atoms with Crippen LogP contribution in [0, 0.1) is 5.92 Å². The number of ether oxygens (including phenoxy) is 1. The fourth-order valence-electron chi connectivity index (χ4n) is 5.15. The average molecular weight is 502 g/mol. The first-order valence-electron chi connectivity index (χ1n) is 9.66. The van der Waals surface area contributed by atoms with Crippen molar-refractivity contribution in [3.63, 3.8) is 0 Å². The molecule has 1 amide bonds. The molecule has 3 aromatic rings. The number of hydrogen-bond acceptors (Lipinski definition) is 5. The lowest BCUT2D eigenvalue weighted by Gasteiger charge is -2.40. The molecule has 158 valence electrons. The van der Waals surface area contributed by atoms with E-state index in [1.54, 1.807) is 18.2 Å². The standard InChI is InChI=1S/C23H18BrClN2O4/c24-14-8-6-13(7-9-14)23-18(12-4-2-1-3-5-12)17(21(26)29)20(28)22(23,30)19-16(31-23)10-15(25)11-27-19/h1-11,17-18,20,28,30H,(H2,26,29)/t17-,18-,20-,22+,23+/m1/s1. The predicted molar refractivity (Wildman–Crippen MR) is 117 cm³/mol. The molecule has 2 heterocycles. The second-order valence-electron chi connectivity index (χ2n) is 7.87. The number of carbonyl (C=O) groups is 1. The SMILES string of the molecule is NC(=O)[C@H]1[C@@H](O)[C@@]2(O)c3ncc(Cl)cc3O[C@@]2(c2ccc(Br)cc2)[C@@H]1c1ccccc1. The van der Waals surface area contributed by atoms with Crippen molar-refractivity contribution in [2.45, 2.75) is 23.2 Å². The Bertz CT molecular complexity index is 1180. The number of primary amides is 1. The fraction of sp³-hybridized carbons (Fsp3) is 0.217. The van der Waals surface area contributed by atoms with E-state index in [4.69, 9.17) is 22.1 Å². The highest BCUT2D eigenvalue weighted by atomic mass is 79.9. The maximum atomic E-state index is 12.6. The summed E-state index contributed by atoms with van der Waals surface area (Å²) >= 11 is 9.57. The Morgan fingerprint density at radius 1 is 1.16 bits per heavy atom. The van der Waals surface area contributed by atoms with Gasteiger partial charge in [0, 0.05) is 22.7 Å². The lowest BCUT2D eigenvalue weighted by Crippen LogP contribution is -2.52. The first-order valence-corrected chi connectivity index (χ1v) is 10.8. The van der Waals surface area contributed by atoms with Crippen molar-refractivity contribution < 1.29 is 19.7 Å². The summed E-state index contributed by atoms with van der Waals surface area (Å²) in [5, 5.41) is 23.9. The van der Waals surface area contributed by atoms with E-state index in [1.807, 2.05) is 42.5 Å². The molecule has 1 saturated carbocycles. The number of hydrogen-bond donors (Lipinski definition) is 3. The Kier molecular flexibility index (Phi) is 4.64. The molecule has 0 spiro atoms. The molecule has 1 fully saturated rings. The van der Waals surface area contributed by atoms with Gasteiger partial charge in [0.1, 0.15) is 17.5 Å². The number of amides is 1. The third-order valence-corrected chi connectivity index (χ3v) is 7.08. The smallest absolute Gasteiger partial charge is 0.224 e. The molecule has 5 rings (SSSR count). The molecule has 2 aromatic carbocycles. The van der Waals surface area contributed by atoms with Gasteiger partial charge in [-0.15, -0.1) is 0 Å². The van der Waals surface area contributed by atoms with Crippen LogP contribution in [-0.4, -0.2) is 27.2 Å². The number of rotatable bonds is 3. The molecule has 0 unspecified atom stereocenters.